The second-order valence-electron chi connectivity index (χ2n) is 4.24. The fourth-order valence-electron chi connectivity index (χ4n) is 1.58. The van der Waals surface area contributed by atoms with Crippen molar-refractivity contribution in [2.75, 3.05) is 6.61 Å². The largest absolute Gasteiger partial charge is 0.476 e. The molecule has 5 heteroatoms. The number of unbranched alkanes of at least 4 members (excludes halogenated alkanes) is 2. The molecule has 0 heterocycles. The van der Waals surface area contributed by atoms with Crippen LogP contribution >= 0.6 is 18.2 Å². The smallest absolute Gasteiger partial charge is 0.413 e. The van der Waals surface area contributed by atoms with Crippen LogP contribution in [0, 0.1) is 26.2 Å². The van der Waals surface area contributed by atoms with Crippen molar-refractivity contribution < 1.29 is 13.6 Å². The lowest BCUT2D eigenvalue weighted by molar-refractivity contribution is 0.272. The second kappa shape index (κ2) is 7.60. The molecule has 0 radical (unpaired) electrons. The van der Waals surface area contributed by atoms with E-state index in [-0.39, 0.29) is 6.61 Å². The number of rotatable bonds is 7. The van der Waals surface area contributed by atoms with Crippen molar-refractivity contribution >= 4 is 18.2 Å². The molecule has 1 rings (SSSR count). The van der Waals surface area contributed by atoms with E-state index in [0.717, 1.165) is 17.5 Å². The lowest BCUT2D eigenvalue weighted by atomic mass is 10.1. The van der Waals surface area contributed by atoms with Crippen LogP contribution in [-0.4, -0.2) is 6.61 Å². The van der Waals surface area contributed by atoms with Gasteiger partial charge >= 0.3 is 6.95 Å². The Morgan fingerprint density at radius 3 is 2.53 bits per heavy atom. The van der Waals surface area contributed by atoms with Crippen LogP contribution in [0.2, 0.25) is 0 Å². The van der Waals surface area contributed by atoms with E-state index in [4.69, 9.17) is 26.7 Å². The van der Waals surface area contributed by atoms with Gasteiger partial charge in [0.15, 0.2) is 0 Å². The van der Waals surface area contributed by atoms with E-state index in [9.17, 15) is 4.57 Å². The van der Waals surface area contributed by atoms with Crippen molar-refractivity contribution in [1.29, 1.82) is 0 Å². The summed E-state index contributed by atoms with van der Waals surface area (Å²) in [6.07, 6.45) is 7.33. The zero-order valence-electron chi connectivity index (χ0n) is 11.2. The van der Waals surface area contributed by atoms with E-state index in [1.54, 1.807) is 0 Å². The Morgan fingerprint density at radius 2 is 1.95 bits per heavy atom. The number of hydrogen-bond acceptors (Lipinski definition) is 3. The fraction of sp³-hybridized carbons (Fsp3) is 0.429. The van der Waals surface area contributed by atoms with Gasteiger partial charge in [-0.05, 0) is 37.8 Å². The second-order valence-corrected chi connectivity index (χ2v) is 6.78. The van der Waals surface area contributed by atoms with Crippen LogP contribution < -0.4 is 4.52 Å². The maximum atomic E-state index is 12.0. The molecule has 1 atom stereocenters. The van der Waals surface area contributed by atoms with Crippen molar-refractivity contribution in [2.45, 2.75) is 33.1 Å². The van der Waals surface area contributed by atoms with Gasteiger partial charge < -0.3 is 4.52 Å². The van der Waals surface area contributed by atoms with Crippen LogP contribution in [0.1, 0.15) is 30.4 Å². The highest BCUT2D eigenvalue weighted by Crippen LogP contribution is 2.54. The van der Waals surface area contributed by atoms with Gasteiger partial charge in [0, 0.05) is 17.7 Å². The Labute approximate surface area is 119 Å². The SMILES string of the molecule is C#CCCCCOP(=O)(Cl)Oc1c(C)cccc1C. The molecule has 1 aromatic rings. The maximum absolute atomic E-state index is 12.0. The molecule has 19 heavy (non-hydrogen) atoms. The van der Waals surface area contributed by atoms with E-state index in [0.29, 0.717) is 18.6 Å². The number of benzene rings is 1. The van der Waals surface area contributed by atoms with Crippen molar-refractivity contribution in [2.24, 2.45) is 0 Å². The van der Waals surface area contributed by atoms with Crippen molar-refractivity contribution in [3.63, 3.8) is 0 Å². The summed E-state index contributed by atoms with van der Waals surface area (Å²) in [6.45, 7) is 0.409. The minimum atomic E-state index is -3.60. The Kier molecular flexibility index (Phi) is 6.45. The van der Waals surface area contributed by atoms with Crippen LogP contribution in [0.3, 0.4) is 0 Å². The predicted molar refractivity (Wildman–Crippen MR) is 78.6 cm³/mol. The van der Waals surface area contributed by atoms with Gasteiger partial charge in [-0.15, -0.1) is 12.3 Å². The average molecular weight is 301 g/mol. The van der Waals surface area contributed by atoms with Gasteiger partial charge in [0.25, 0.3) is 0 Å². The summed E-state index contributed by atoms with van der Waals surface area (Å²) in [5, 5.41) is 0. The molecular weight excluding hydrogens is 283 g/mol. The van der Waals surface area contributed by atoms with Crippen LogP contribution in [0.5, 0.6) is 5.75 Å². The lowest BCUT2D eigenvalue weighted by Crippen LogP contribution is -1.98. The highest BCUT2D eigenvalue weighted by molar-refractivity contribution is 7.81. The third kappa shape index (κ3) is 5.70. The monoisotopic (exact) mass is 300 g/mol. The van der Waals surface area contributed by atoms with E-state index >= 15 is 0 Å². The highest BCUT2D eigenvalue weighted by Gasteiger charge is 2.24. The summed E-state index contributed by atoms with van der Waals surface area (Å²) in [4.78, 5) is 0. The minimum Gasteiger partial charge on any atom is -0.413 e. The van der Waals surface area contributed by atoms with Crippen LogP contribution in [0.15, 0.2) is 18.2 Å². The molecule has 0 aliphatic rings. The lowest BCUT2D eigenvalue weighted by Gasteiger charge is -2.16. The van der Waals surface area contributed by atoms with Crippen molar-refractivity contribution in [3.05, 3.63) is 29.3 Å². The first kappa shape index (κ1) is 16.1. The molecule has 0 fully saturated rings. The number of hydrogen-bond donors (Lipinski definition) is 0. The molecular formula is C14H18ClO3P. The summed E-state index contributed by atoms with van der Waals surface area (Å²) >= 11 is 5.80. The molecule has 1 aromatic carbocycles. The molecule has 1 unspecified atom stereocenters. The quantitative estimate of drug-likeness (QED) is 0.410. The molecule has 0 N–H and O–H groups in total. The first-order valence-electron chi connectivity index (χ1n) is 6.10. The molecule has 0 saturated carbocycles. The molecule has 0 saturated heterocycles. The van der Waals surface area contributed by atoms with Crippen molar-refractivity contribution in [3.8, 4) is 18.1 Å². The Balaban J connectivity index is 2.55. The molecule has 3 nitrogen and oxygen atoms in total. The number of terminal acetylenes is 1. The standard InChI is InChI=1S/C14H18ClO3P/c1-4-5-6-7-11-17-19(15,16)18-14-12(2)9-8-10-13(14)3/h1,8-10H,5-7,11H2,2-3H3. The Morgan fingerprint density at radius 1 is 1.32 bits per heavy atom. The average Bonchev–Trinajstić information content (AvgIpc) is 2.34. The zero-order chi connectivity index (χ0) is 14.3. The number of para-hydroxylation sites is 1. The van der Waals surface area contributed by atoms with E-state index < -0.39 is 6.95 Å². The van der Waals surface area contributed by atoms with Gasteiger partial charge in [-0.2, -0.15) is 0 Å². The fourth-order valence-corrected chi connectivity index (χ4v) is 2.90. The van der Waals surface area contributed by atoms with Crippen molar-refractivity contribution in [1.82, 2.24) is 0 Å². The van der Waals surface area contributed by atoms with E-state index in [2.05, 4.69) is 5.92 Å². The normalized spacial score (nSPS) is 13.6. The Bertz CT molecular complexity index is 488. The Hall–Kier alpha value is -0.940. The van der Waals surface area contributed by atoms with Gasteiger partial charge in [-0.25, -0.2) is 4.57 Å². The molecule has 0 bridgehead atoms. The molecule has 104 valence electrons. The summed E-state index contributed by atoms with van der Waals surface area (Å²) in [7, 11) is 0. The zero-order valence-corrected chi connectivity index (χ0v) is 12.8. The molecule has 0 amide bonds. The third-order valence-corrected chi connectivity index (χ3v) is 3.96. The van der Waals surface area contributed by atoms with Crippen LogP contribution in [0.4, 0.5) is 0 Å². The van der Waals surface area contributed by atoms with Crippen LogP contribution in [0.25, 0.3) is 0 Å². The van der Waals surface area contributed by atoms with Gasteiger partial charge in [0.1, 0.15) is 5.75 Å². The minimum absolute atomic E-state index is 0.271. The first-order chi connectivity index (χ1) is 8.96. The maximum Gasteiger partial charge on any atom is 0.476 e. The molecule has 0 aliphatic heterocycles. The first-order valence-corrected chi connectivity index (χ1v) is 8.54. The summed E-state index contributed by atoms with van der Waals surface area (Å²) in [5.74, 6) is 3.05. The third-order valence-electron chi connectivity index (χ3n) is 2.57. The predicted octanol–water partition coefficient (Wildman–Crippen LogP) is 4.85. The van der Waals surface area contributed by atoms with Crippen LogP contribution in [-0.2, 0) is 9.09 Å². The highest BCUT2D eigenvalue weighted by atomic mass is 35.7. The summed E-state index contributed by atoms with van der Waals surface area (Å²) in [5.41, 5.74) is 1.74. The van der Waals surface area contributed by atoms with Gasteiger partial charge in [0.2, 0.25) is 0 Å². The van der Waals surface area contributed by atoms with Gasteiger partial charge in [0.05, 0.1) is 6.61 Å². The molecule has 0 aromatic heterocycles. The summed E-state index contributed by atoms with van der Waals surface area (Å²) < 4.78 is 22.4. The number of aryl methyl sites for hydroxylation is 2. The topological polar surface area (TPSA) is 35.5 Å². The summed E-state index contributed by atoms with van der Waals surface area (Å²) in [6, 6.07) is 5.63. The van der Waals surface area contributed by atoms with Gasteiger partial charge in [-0.3, -0.25) is 4.52 Å². The van der Waals surface area contributed by atoms with E-state index in [1.165, 1.54) is 0 Å². The molecule has 0 spiro atoms. The number of halogens is 1. The van der Waals surface area contributed by atoms with Gasteiger partial charge in [-0.1, -0.05) is 18.2 Å². The molecule has 0 aliphatic carbocycles. The van der Waals surface area contributed by atoms with E-state index in [1.807, 2.05) is 32.0 Å².